The van der Waals surface area contributed by atoms with Crippen molar-refractivity contribution < 1.29 is 9.53 Å². The van der Waals surface area contributed by atoms with Gasteiger partial charge in [-0.05, 0) is 50.4 Å². The zero-order valence-electron chi connectivity index (χ0n) is 11.8. The van der Waals surface area contributed by atoms with E-state index in [1.54, 1.807) is 12.1 Å². The van der Waals surface area contributed by atoms with Gasteiger partial charge in [0.05, 0.1) is 5.56 Å². The van der Waals surface area contributed by atoms with Crippen molar-refractivity contribution in [1.82, 2.24) is 5.32 Å². The molecule has 0 amide bonds. The molecule has 0 bridgehead atoms. The second-order valence-electron chi connectivity index (χ2n) is 5.91. The largest absolute Gasteiger partial charge is 0.474 e. The molecule has 1 heterocycles. The van der Waals surface area contributed by atoms with Crippen molar-refractivity contribution >= 4 is 21.7 Å². The van der Waals surface area contributed by atoms with Crippen molar-refractivity contribution in [3.8, 4) is 0 Å². The molecule has 1 aliphatic heterocycles. The van der Waals surface area contributed by atoms with Crippen LogP contribution in [-0.4, -0.2) is 40.2 Å². The molecule has 0 aromatic heterocycles. The molecule has 1 saturated heterocycles. The summed E-state index contributed by atoms with van der Waals surface area (Å²) in [5, 5.41) is 2.97. The van der Waals surface area contributed by atoms with Crippen LogP contribution in [0.5, 0.6) is 0 Å². The smallest absolute Gasteiger partial charge is 0.337 e. The van der Waals surface area contributed by atoms with E-state index in [1.165, 1.54) is 12.8 Å². The Kier molecular flexibility index (Phi) is 4.70. The normalized spacial score (nSPS) is 17.1. The Morgan fingerprint density at radius 1 is 1.26 bits per heavy atom. The van der Waals surface area contributed by atoms with Crippen LogP contribution in [0, 0.1) is 5.92 Å². The molecule has 2 rings (SSSR count). The first kappa shape index (κ1) is 14.2. The van der Waals surface area contributed by atoms with Crippen molar-refractivity contribution in [1.29, 1.82) is 0 Å². The second-order valence-corrected chi connectivity index (χ2v) is 5.91. The molecule has 0 atom stereocenters. The van der Waals surface area contributed by atoms with Gasteiger partial charge in [0.2, 0.25) is 0 Å². The van der Waals surface area contributed by atoms with Gasteiger partial charge in [-0.25, -0.2) is 4.79 Å². The summed E-state index contributed by atoms with van der Waals surface area (Å²) >= 11 is 0. The lowest BCUT2D eigenvalue weighted by atomic mass is 9.60. The number of carbonyl (C=O) groups is 1. The fourth-order valence-electron chi connectivity index (χ4n) is 2.71. The molecule has 1 N–H and O–H groups in total. The Morgan fingerprint density at radius 2 is 1.89 bits per heavy atom. The van der Waals surface area contributed by atoms with Crippen LogP contribution in [0.3, 0.4) is 0 Å². The minimum Gasteiger partial charge on any atom is -0.474 e. The first-order valence-corrected chi connectivity index (χ1v) is 7.06. The Labute approximate surface area is 116 Å². The molecule has 0 radical (unpaired) electrons. The fraction of sp³-hybridized carbons (Fsp3) is 0.500. The van der Waals surface area contributed by atoms with E-state index >= 15 is 0 Å². The first-order chi connectivity index (χ1) is 9.07. The number of hydrogen-bond acceptors (Lipinski definition) is 3. The van der Waals surface area contributed by atoms with Crippen molar-refractivity contribution in [2.45, 2.75) is 24.7 Å². The number of hydrogen-bond donors (Lipinski definition) is 1. The van der Waals surface area contributed by atoms with E-state index in [4.69, 9.17) is 4.74 Å². The summed E-state index contributed by atoms with van der Waals surface area (Å²) in [6, 6.07) is 9.20. The predicted molar refractivity (Wildman–Crippen MR) is 81.9 cm³/mol. The molecule has 0 aliphatic carbocycles. The molecule has 100 valence electrons. The molecule has 0 unspecified atom stereocenters. The molecule has 3 nitrogen and oxygen atoms in total. The van der Waals surface area contributed by atoms with Gasteiger partial charge in [-0.1, -0.05) is 18.2 Å². The van der Waals surface area contributed by atoms with E-state index in [2.05, 4.69) is 5.32 Å². The zero-order valence-corrected chi connectivity index (χ0v) is 11.8. The molecular weight excluding hydrogens is 236 g/mol. The summed E-state index contributed by atoms with van der Waals surface area (Å²) in [4.78, 5) is 12.1. The van der Waals surface area contributed by atoms with E-state index in [0.717, 1.165) is 19.5 Å². The van der Waals surface area contributed by atoms with Crippen molar-refractivity contribution in [3.05, 3.63) is 35.9 Å². The second kappa shape index (κ2) is 6.29. The molecule has 5 heteroatoms. The summed E-state index contributed by atoms with van der Waals surface area (Å²) < 4.78 is 5.67. The van der Waals surface area contributed by atoms with Crippen molar-refractivity contribution in [2.24, 2.45) is 5.92 Å². The summed E-state index contributed by atoms with van der Waals surface area (Å²) in [7, 11) is 4.02. The van der Waals surface area contributed by atoms with Crippen LogP contribution in [0.25, 0.3) is 0 Å². The van der Waals surface area contributed by atoms with E-state index in [0.29, 0.717) is 11.5 Å². The average molecular weight is 257 g/mol. The first-order valence-electron chi connectivity index (χ1n) is 7.06. The van der Waals surface area contributed by atoms with Gasteiger partial charge in [-0.2, -0.15) is 0 Å². The minimum absolute atomic E-state index is 0.223. The molecule has 0 saturated carbocycles. The van der Waals surface area contributed by atoms with Gasteiger partial charge in [-0.3, -0.25) is 0 Å². The third-order valence-corrected chi connectivity index (χ3v) is 3.62. The Morgan fingerprint density at radius 3 is 2.53 bits per heavy atom. The highest BCUT2D eigenvalue weighted by molar-refractivity contribution is 6.39. The van der Waals surface area contributed by atoms with Gasteiger partial charge in [0.25, 0.3) is 0 Å². The minimum atomic E-state index is -0.394. The number of ether oxygens (including phenoxy) is 1. The number of benzene rings is 1. The number of nitrogens with one attached hydrogen (secondary N) is 1. The van der Waals surface area contributed by atoms with Crippen molar-refractivity contribution in [2.75, 3.05) is 13.1 Å². The Balaban J connectivity index is 1.91. The SMILES string of the molecule is BC(B)(CC1CCNCC1)OC(=O)c1ccccc1. The summed E-state index contributed by atoms with van der Waals surface area (Å²) in [5.74, 6) is 0.430. The van der Waals surface area contributed by atoms with Crippen molar-refractivity contribution in [3.63, 3.8) is 0 Å². The van der Waals surface area contributed by atoms with E-state index < -0.39 is 5.40 Å². The topological polar surface area (TPSA) is 38.3 Å². The maximum absolute atomic E-state index is 12.1. The lowest BCUT2D eigenvalue weighted by Crippen LogP contribution is -2.40. The lowest BCUT2D eigenvalue weighted by Gasteiger charge is -2.32. The van der Waals surface area contributed by atoms with Gasteiger partial charge in [0.1, 0.15) is 15.7 Å². The van der Waals surface area contributed by atoms with E-state index in [-0.39, 0.29) is 5.97 Å². The standard InChI is InChI=1S/C14H21B2NO2/c15-14(16,10-11-6-8-17-9-7-11)19-13(18)12-4-2-1-3-5-12/h1-5,11,17H,6-10,15-16H2. The highest BCUT2D eigenvalue weighted by Crippen LogP contribution is 2.23. The Hall–Kier alpha value is -1.22. The fourth-order valence-corrected chi connectivity index (χ4v) is 2.71. The summed E-state index contributed by atoms with van der Waals surface area (Å²) in [6.45, 7) is 2.15. The van der Waals surface area contributed by atoms with Crippen LogP contribution in [0.1, 0.15) is 29.6 Å². The monoisotopic (exact) mass is 257 g/mol. The molecule has 1 aromatic rings. The molecule has 1 fully saturated rings. The van der Waals surface area contributed by atoms with Crippen LogP contribution in [-0.2, 0) is 4.74 Å². The maximum atomic E-state index is 12.1. The third-order valence-electron chi connectivity index (χ3n) is 3.62. The Bertz CT molecular complexity index is 417. The maximum Gasteiger partial charge on any atom is 0.337 e. The van der Waals surface area contributed by atoms with Crippen LogP contribution < -0.4 is 5.32 Å². The zero-order chi connectivity index (χ0) is 13.7. The number of carbonyl (C=O) groups excluding carboxylic acids is 1. The third kappa shape index (κ3) is 4.43. The molecule has 0 spiro atoms. The van der Waals surface area contributed by atoms with Crippen LogP contribution in [0.4, 0.5) is 0 Å². The predicted octanol–water partition coefficient (Wildman–Crippen LogP) is 0.153. The molecule has 1 aliphatic rings. The summed E-state index contributed by atoms with van der Waals surface area (Å²) in [5.41, 5.74) is 0.626. The number of rotatable bonds is 4. The van der Waals surface area contributed by atoms with Crippen LogP contribution in [0.2, 0.25) is 0 Å². The highest BCUT2D eigenvalue weighted by atomic mass is 16.5. The van der Waals surface area contributed by atoms with E-state index in [1.807, 2.05) is 33.9 Å². The molecular formula is C14H21B2NO2. The number of esters is 1. The lowest BCUT2D eigenvalue weighted by molar-refractivity contribution is 0.0312. The van der Waals surface area contributed by atoms with Gasteiger partial charge >= 0.3 is 5.97 Å². The van der Waals surface area contributed by atoms with Crippen LogP contribution in [0.15, 0.2) is 30.3 Å². The van der Waals surface area contributed by atoms with E-state index in [9.17, 15) is 4.79 Å². The summed E-state index contributed by atoms with van der Waals surface area (Å²) in [6.07, 6.45) is 3.28. The van der Waals surface area contributed by atoms with Gasteiger partial charge in [0, 0.05) is 5.40 Å². The van der Waals surface area contributed by atoms with Crippen LogP contribution >= 0.6 is 0 Å². The number of piperidine rings is 1. The van der Waals surface area contributed by atoms with Gasteiger partial charge in [-0.15, -0.1) is 0 Å². The van der Waals surface area contributed by atoms with Gasteiger partial charge < -0.3 is 10.1 Å². The average Bonchev–Trinajstić information content (AvgIpc) is 2.39. The molecule has 1 aromatic carbocycles. The van der Waals surface area contributed by atoms with Gasteiger partial charge in [0.15, 0.2) is 0 Å². The quantitative estimate of drug-likeness (QED) is 0.616. The highest BCUT2D eigenvalue weighted by Gasteiger charge is 2.28. The molecule has 19 heavy (non-hydrogen) atoms.